The molecule has 0 radical (unpaired) electrons. The Labute approximate surface area is 183 Å². The maximum absolute atomic E-state index is 12.2. The number of hydrogen-bond donors (Lipinski definition) is 2. The van der Waals surface area contributed by atoms with Gasteiger partial charge in [0.2, 0.25) is 0 Å². The summed E-state index contributed by atoms with van der Waals surface area (Å²) in [5, 5.41) is 3.07. The minimum Gasteiger partial charge on any atom is -0.451 e. The Morgan fingerprint density at radius 2 is 1.58 bits per heavy atom. The summed E-state index contributed by atoms with van der Waals surface area (Å²) in [5.74, 6) is -0.517. The summed E-state index contributed by atoms with van der Waals surface area (Å²) in [7, 11) is 0. The first-order chi connectivity index (χ1) is 15.2. The van der Waals surface area contributed by atoms with Crippen LogP contribution in [0.15, 0.2) is 94.2 Å². The average Bonchev–Trinajstić information content (AvgIpc) is 3.23. The minimum absolute atomic E-state index is 0.0823. The van der Waals surface area contributed by atoms with Crippen LogP contribution in [-0.2, 0) is 18.0 Å². The van der Waals surface area contributed by atoms with Crippen LogP contribution in [0.25, 0.3) is 11.0 Å². The van der Waals surface area contributed by atoms with E-state index in [0.717, 1.165) is 33.4 Å². The van der Waals surface area contributed by atoms with Gasteiger partial charge < -0.3 is 9.15 Å². The predicted molar refractivity (Wildman–Crippen MR) is 119 cm³/mol. The molecule has 0 saturated carbocycles. The lowest BCUT2D eigenvalue weighted by atomic mass is 10.2. The highest BCUT2D eigenvalue weighted by Crippen LogP contribution is 2.19. The quantitative estimate of drug-likeness (QED) is 0.388. The summed E-state index contributed by atoms with van der Waals surface area (Å²) in [5.41, 5.74) is 2.69. The van der Waals surface area contributed by atoms with Gasteiger partial charge in [0.15, 0.2) is 5.76 Å². The van der Waals surface area contributed by atoms with Gasteiger partial charge in [-0.25, -0.2) is 4.79 Å². The van der Waals surface area contributed by atoms with E-state index in [9.17, 15) is 9.59 Å². The van der Waals surface area contributed by atoms with Crippen LogP contribution in [-0.4, -0.2) is 11.9 Å². The predicted octanol–water partition coefficient (Wildman–Crippen LogP) is 5.30. The molecular formula is C24H20N2O4S. The third kappa shape index (κ3) is 5.75. The Kier molecular flexibility index (Phi) is 6.66. The van der Waals surface area contributed by atoms with Crippen LogP contribution in [0.3, 0.4) is 0 Å². The van der Waals surface area contributed by atoms with Gasteiger partial charge in [-0.15, -0.1) is 0 Å². The Bertz CT molecular complexity index is 1160. The summed E-state index contributed by atoms with van der Waals surface area (Å²) < 4.78 is 13.8. The highest BCUT2D eigenvalue weighted by Gasteiger charge is 2.15. The molecule has 0 aliphatic heterocycles. The van der Waals surface area contributed by atoms with E-state index in [1.54, 1.807) is 12.1 Å². The Morgan fingerprint density at radius 3 is 2.42 bits per heavy atom. The molecule has 0 aliphatic rings. The summed E-state index contributed by atoms with van der Waals surface area (Å²) in [6.07, 6.45) is 0. The number of para-hydroxylation sites is 1. The molecule has 0 fully saturated rings. The second-order valence-corrected chi connectivity index (χ2v) is 7.64. The molecule has 0 aliphatic carbocycles. The number of imide groups is 1. The van der Waals surface area contributed by atoms with Gasteiger partial charge in [-0.3, -0.25) is 14.8 Å². The first-order valence-electron chi connectivity index (χ1n) is 9.65. The van der Waals surface area contributed by atoms with Gasteiger partial charge in [0.05, 0.1) is 13.2 Å². The van der Waals surface area contributed by atoms with Crippen LogP contribution in [0.4, 0.5) is 4.79 Å². The molecule has 156 valence electrons. The SMILES string of the molecule is O=C(NSc1cccc(COCc2ccccc2)c1)NC(=O)c1cc2ccccc2o1. The molecule has 0 atom stereocenters. The molecule has 0 unspecified atom stereocenters. The summed E-state index contributed by atoms with van der Waals surface area (Å²) in [6.45, 7) is 0.989. The number of carbonyl (C=O) groups excluding carboxylic acids is 2. The maximum atomic E-state index is 12.2. The van der Waals surface area contributed by atoms with Crippen LogP contribution in [0.5, 0.6) is 0 Å². The highest BCUT2D eigenvalue weighted by molar-refractivity contribution is 7.98. The molecule has 6 nitrogen and oxygen atoms in total. The second kappa shape index (κ2) is 9.97. The third-order valence-electron chi connectivity index (χ3n) is 4.42. The molecular weight excluding hydrogens is 412 g/mol. The lowest BCUT2D eigenvalue weighted by molar-refractivity contribution is 0.0940. The molecule has 3 aromatic carbocycles. The van der Waals surface area contributed by atoms with E-state index in [2.05, 4.69) is 10.0 Å². The zero-order valence-corrected chi connectivity index (χ0v) is 17.4. The van der Waals surface area contributed by atoms with E-state index in [4.69, 9.17) is 9.15 Å². The summed E-state index contributed by atoms with van der Waals surface area (Å²) >= 11 is 1.11. The lowest BCUT2D eigenvalue weighted by Crippen LogP contribution is -2.36. The van der Waals surface area contributed by atoms with Crippen molar-refractivity contribution < 1.29 is 18.7 Å². The minimum atomic E-state index is -0.624. The average molecular weight is 433 g/mol. The lowest BCUT2D eigenvalue weighted by Gasteiger charge is -2.08. The molecule has 4 rings (SSSR count). The highest BCUT2D eigenvalue weighted by atomic mass is 32.2. The van der Waals surface area contributed by atoms with Crippen molar-refractivity contribution in [3.05, 3.63) is 102 Å². The smallest absolute Gasteiger partial charge is 0.332 e. The summed E-state index contributed by atoms with van der Waals surface area (Å²) in [4.78, 5) is 25.2. The van der Waals surface area contributed by atoms with Crippen molar-refractivity contribution in [1.82, 2.24) is 10.0 Å². The van der Waals surface area contributed by atoms with Crippen molar-refractivity contribution in [2.75, 3.05) is 0 Å². The number of furan rings is 1. The molecule has 7 heteroatoms. The normalized spacial score (nSPS) is 10.7. The number of rotatable bonds is 7. The van der Waals surface area contributed by atoms with Crippen LogP contribution in [0.1, 0.15) is 21.7 Å². The van der Waals surface area contributed by atoms with E-state index >= 15 is 0 Å². The third-order valence-corrected chi connectivity index (χ3v) is 5.19. The number of amides is 3. The van der Waals surface area contributed by atoms with Crippen molar-refractivity contribution in [3.63, 3.8) is 0 Å². The number of carbonyl (C=O) groups is 2. The fraction of sp³-hybridized carbons (Fsp3) is 0.0833. The van der Waals surface area contributed by atoms with Crippen LogP contribution < -0.4 is 10.0 Å². The largest absolute Gasteiger partial charge is 0.451 e. The molecule has 1 heterocycles. The van der Waals surface area contributed by atoms with Crippen molar-refractivity contribution in [1.29, 1.82) is 0 Å². The van der Waals surface area contributed by atoms with Crippen molar-refractivity contribution >= 4 is 34.9 Å². The molecule has 0 spiro atoms. The van der Waals surface area contributed by atoms with Gasteiger partial charge in [0, 0.05) is 10.3 Å². The second-order valence-electron chi connectivity index (χ2n) is 6.76. The number of urea groups is 1. The zero-order chi connectivity index (χ0) is 21.5. The molecule has 4 aromatic rings. The standard InChI is InChI=1S/C24H20N2O4S/c27-23(22-14-19-10-4-5-12-21(19)30-22)25-24(28)26-31-20-11-6-9-18(13-20)16-29-15-17-7-2-1-3-8-17/h1-14H,15-16H2,(H2,25,26,27,28). The van der Waals surface area contributed by atoms with Gasteiger partial charge >= 0.3 is 6.03 Å². The van der Waals surface area contributed by atoms with Crippen LogP contribution in [0, 0.1) is 0 Å². The Hall–Kier alpha value is -3.55. The van der Waals surface area contributed by atoms with Crippen LogP contribution in [0.2, 0.25) is 0 Å². The van der Waals surface area contributed by atoms with Gasteiger partial charge in [-0.05, 0) is 47.3 Å². The first-order valence-corrected chi connectivity index (χ1v) is 10.5. The van der Waals surface area contributed by atoms with Gasteiger partial charge in [0.1, 0.15) is 5.58 Å². The topological polar surface area (TPSA) is 80.6 Å². The van der Waals surface area contributed by atoms with Crippen molar-refractivity contribution in [2.45, 2.75) is 18.1 Å². The van der Waals surface area contributed by atoms with E-state index in [1.165, 1.54) is 0 Å². The number of hydrogen-bond acceptors (Lipinski definition) is 5. The van der Waals surface area contributed by atoms with Crippen LogP contribution >= 0.6 is 11.9 Å². The van der Waals surface area contributed by atoms with Gasteiger partial charge in [0.25, 0.3) is 5.91 Å². The molecule has 3 amide bonds. The molecule has 0 saturated heterocycles. The molecule has 0 bridgehead atoms. The zero-order valence-electron chi connectivity index (χ0n) is 16.5. The number of ether oxygens (including phenoxy) is 1. The number of nitrogens with one attached hydrogen (secondary N) is 2. The van der Waals surface area contributed by atoms with Gasteiger partial charge in [-0.1, -0.05) is 60.7 Å². The van der Waals surface area contributed by atoms with E-state index in [0.29, 0.717) is 18.8 Å². The van der Waals surface area contributed by atoms with E-state index in [1.807, 2.05) is 72.8 Å². The van der Waals surface area contributed by atoms with E-state index in [-0.39, 0.29) is 5.76 Å². The van der Waals surface area contributed by atoms with Crippen molar-refractivity contribution in [3.8, 4) is 0 Å². The molecule has 1 aromatic heterocycles. The Morgan fingerprint density at radius 1 is 0.839 bits per heavy atom. The fourth-order valence-electron chi connectivity index (χ4n) is 2.95. The van der Waals surface area contributed by atoms with Crippen molar-refractivity contribution in [2.24, 2.45) is 0 Å². The molecule has 2 N–H and O–H groups in total. The van der Waals surface area contributed by atoms with E-state index < -0.39 is 11.9 Å². The molecule has 31 heavy (non-hydrogen) atoms. The fourth-order valence-corrected chi connectivity index (χ4v) is 3.57. The maximum Gasteiger partial charge on any atom is 0.332 e. The number of fused-ring (bicyclic) bond motifs is 1. The summed E-state index contributed by atoms with van der Waals surface area (Å²) in [6, 6.07) is 25.8. The number of benzene rings is 3. The van der Waals surface area contributed by atoms with Gasteiger partial charge in [-0.2, -0.15) is 0 Å². The monoisotopic (exact) mass is 432 g/mol. The Balaban J connectivity index is 1.26. The first kappa shape index (κ1) is 20.7.